The van der Waals surface area contributed by atoms with Crippen molar-refractivity contribution in [3.63, 3.8) is 0 Å². The second-order valence-corrected chi connectivity index (χ2v) is 10.5. The van der Waals surface area contributed by atoms with Crippen LogP contribution in [0, 0.1) is 6.92 Å². The second-order valence-electron chi connectivity index (χ2n) is 10.5. The number of ketones is 1. The Morgan fingerprint density at radius 1 is 0.949 bits per heavy atom. The molecule has 204 valence electrons. The van der Waals surface area contributed by atoms with Gasteiger partial charge in [0.15, 0.2) is 0 Å². The summed E-state index contributed by atoms with van der Waals surface area (Å²) in [6.45, 7) is 12.6. The molecule has 3 aromatic carbocycles. The van der Waals surface area contributed by atoms with Gasteiger partial charge in [-0.25, -0.2) is 0 Å². The average Bonchev–Trinajstić information content (AvgIpc) is 3.18. The summed E-state index contributed by atoms with van der Waals surface area (Å²) >= 11 is 0. The lowest BCUT2D eigenvalue weighted by atomic mass is 9.90. The van der Waals surface area contributed by atoms with E-state index in [0.717, 1.165) is 28.0 Å². The first kappa shape index (κ1) is 28.0. The van der Waals surface area contributed by atoms with Crippen LogP contribution >= 0.6 is 0 Å². The van der Waals surface area contributed by atoms with Crippen LogP contribution in [0.4, 0.5) is 5.69 Å². The first-order chi connectivity index (χ1) is 18.6. The number of rotatable bonds is 8. The van der Waals surface area contributed by atoms with Crippen molar-refractivity contribution in [2.24, 2.45) is 0 Å². The highest BCUT2D eigenvalue weighted by atomic mass is 16.5. The van der Waals surface area contributed by atoms with Crippen LogP contribution in [0.1, 0.15) is 80.3 Å². The number of amides is 1. The van der Waals surface area contributed by atoms with Crippen LogP contribution in [0.3, 0.4) is 0 Å². The first-order valence-electron chi connectivity index (χ1n) is 13.4. The Balaban J connectivity index is 1.94. The van der Waals surface area contributed by atoms with E-state index in [1.54, 1.807) is 31.4 Å². The van der Waals surface area contributed by atoms with Crippen molar-refractivity contribution < 1.29 is 24.2 Å². The number of aliphatic hydroxyl groups is 1. The van der Waals surface area contributed by atoms with Gasteiger partial charge in [-0.05, 0) is 84.3 Å². The predicted molar refractivity (Wildman–Crippen MR) is 155 cm³/mol. The van der Waals surface area contributed by atoms with Crippen LogP contribution in [0.2, 0.25) is 0 Å². The Kier molecular flexibility index (Phi) is 8.14. The van der Waals surface area contributed by atoms with Crippen molar-refractivity contribution in [1.82, 2.24) is 0 Å². The van der Waals surface area contributed by atoms with Gasteiger partial charge in [0.05, 0.1) is 25.3 Å². The molecule has 0 spiro atoms. The second kappa shape index (κ2) is 11.4. The summed E-state index contributed by atoms with van der Waals surface area (Å²) < 4.78 is 11.1. The number of Topliss-reactive ketones (excluding diaryl/α,β-unsaturated/α-hetero) is 1. The predicted octanol–water partition coefficient (Wildman–Crippen LogP) is 7.28. The van der Waals surface area contributed by atoms with Crippen LogP contribution in [0.15, 0.2) is 66.2 Å². The lowest BCUT2D eigenvalue weighted by molar-refractivity contribution is -0.132. The summed E-state index contributed by atoms with van der Waals surface area (Å²) in [5, 5.41) is 11.7. The molecule has 0 bridgehead atoms. The molecule has 0 saturated carbocycles. The Morgan fingerprint density at radius 3 is 2.13 bits per heavy atom. The monoisotopic (exact) mass is 527 g/mol. The van der Waals surface area contributed by atoms with E-state index >= 15 is 0 Å². The summed E-state index contributed by atoms with van der Waals surface area (Å²) in [5.74, 6) is 0.238. The lowest BCUT2D eigenvalue weighted by Gasteiger charge is -2.26. The number of methoxy groups -OCH3 is 1. The summed E-state index contributed by atoms with van der Waals surface area (Å²) in [7, 11) is 1.61. The number of ether oxygens (including phenoxy) is 2. The van der Waals surface area contributed by atoms with Gasteiger partial charge >= 0.3 is 0 Å². The van der Waals surface area contributed by atoms with Gasteiger partial charge in [-0.3, -0.25) is 14.5 Å². The molecule has 0 aliphatic carbocycles. The lowest BCUT2D eigenvalue weighted by Crippen LogP contribution is -2.29. The fourth-order valence-corrected chi connectivity index (χ4v) is 5.07. The van der Waals surface area contributed by atoms with E-state index < -0.39 is 17.7 Å². The maximum absolute atomic E-state index is 13.6. The Hall–Kier alpha value is -4.06. The molecule has 0 aromatic heterocycles. The summed E-state index contributed by atoms with van der Waals surface area (Å²) in [5.41, 5.74) is 4.65. The van der Waals surface area contributed by atoms with Crippen molar-refractivity contribution in [2.75, 3.05) is 18.6 Å². The number of anilines is 1. The van der Waals surface area contributed by atoms with E-state index in [0.29, 0.717) is 29.5 Å². The number of nitrogens with zero attached hydrogens (tertiary/aromatic N) is 1. The van der Waals surface area contributed by atoms with Crippen LogP contribution in [0.25, 0.3) is 5.76 Å². The molecular weight excluding hydrogens is 490 g/mol. The molecule has 0 radical (unpaired) electrons. The zero-order valence-corrected chi connectivity index (χ0v) is 23.7. The Labute approximate surface area is 230 Å². The number of aliphatic hydroxyl groups excluding tert-OH is 1. The fraction of sp³-hybridized carbons (Fsp3) is 0.333. The third-order valence-electron chi connectivity index (χ3n) is 7.24. The zero-order valence-electron chi connectivity index (χ0n) is 23.7. The number of carbonyl (C=O) groups is 2. The van der Waals surface area contributed by atoms with E-state index in [1.807, 2.05) is 64.1 Å². The van der Waals surface area contributed by atoms with E-state index in [-0.39, 0.29) is 17.3 Å². The van der Waals surface area contributed by atoms with Crippen LogP contribution in [-0.4, -0.2) is 30.5 Å². The van der Waals surface area contributed by atoms with Crippen molar-refractivity contribution in [3.05, 3.63) is 94.1 Å². The molecule has 1 unspecified atom stereocenters. The van der Waals surface area contributed by atoms with Crippen molar-refractivity contribution in [2.45, 2.75) is 59.4 Å². The van der Waals surface area contributed by atoms with Gasteiger partial charge in [0.1, 0.15) is 17.3 Å². The van der Waals surface area contributed by atoms with Gasteiger partial charge in [-0.15, -0.1) is 0 Å². The molecule has 6 heteroatoms. The molecule has 1 saturated heterocycles. The molecule has 1 aliphatic heterocycles. The fourth-order valence-electron chi connectivity index (χ4n) is 5.07. The summed E-state index contributed by atoms with van der Waals surface area (Å²) in [6, 6.07) is 17.9. The molecule has 3 aromatic rings. The molecule has 1 N–H and O–H groups in total. The number of benzene rings is 3. The quantitative estimate of drug-likeness (QED) is 0.189. The molecule has 4 rings (SSSR count). The van der Waals surface area contributed by atoms with Gasteiger partial charge in [-0.2, -0.15) is 0 Å². The highest BCUT2D eigenvalue weighted by molar-refractivity contribution is 6.51. The van der Waals surface area contributed by atoms with Crippen LogP contribution in [-0.2, 0) is 9.59 Å². The van der Waals surface area contributed by atoms with Crippen LogP contribution < -0.4 is 14.4 Å². The summed E-state index contributed by atoms with van der Waals surface area (Å²) in [6.07, 6.45) is 0. The van der Waals surface area contributed by atoms with Gasteiger partial charge < -0.3 is 14.6 Å². The number of carbonyl (C=O) groups excluding carboxylic acids is 2. The minimum atomic E-state index is -0.798. The molecule has 1 atom stereocenters. The molecule has 1 aliphatic rings. The number of hydrogen-bond acceptors (Lipinski definition) is 5. The van der Waals surface area contributed by atoms with E-state index in [2.05, 4.69) is 13.8 Å². The minimum Gasteiger partial charge on any atom is -0.507 e. The average molecular weight is 528 g/mol. The maximum Gasteiger partial charge on any atom is 0.300 e. The highest BCUT2D eigenvalue weighted by Gasteiger charge is 2.47. The third-order valence-corrected chi connectivity index (χ3v) is 7.24. The van der Waals surface area contributed by atoms with Crippen molar-refractivity contribution in [3.8, 4) is 11.5 Å². The first-order valence-corrected chi connectivity index (χ1v) is 13.4. The Bertz CT molecular complexity index is 1400. The molecule has 6 nitrogen and oxygen atoms in total. The van der Waals surface area contributed by atoms with Gasteiger partial charge in [0.25, 0.3) is 11.7 Å². The molecular formula is C33H37NO5. The SMILES string of the molecule is CCOc1ccc(N2C(=O)C(=O)/C(=C(/O)c3cc(C(C)C)c(OC)cc3C)C2c2ccc(C(C)C)cc2)cc1. The van der Waals surface area contributed by atoms with Crippen LogP contribution in [0.5, 0.6) is 11.5 Å². The van der Waals surface area contributed by atoms with E-state index in [4.69, 9.17) is 9.47 Å². The molecule has 1 fully saturated rings. The van der Waals surface area contributed by atoms with E-state index in [9.17, 15) is 14.7 Å². The van der Waals surface area contributed by atoms with Crippen molar-refractivity contribution in [1.29, 1.82) is 0 Å². The van der Waals surface area contributed by atoms with Gasteiger partial charge in [0.2, 0.25) is 0 Å². The largest absolute Gasteiger partial charge is 0.507 e. The maximum atomic E-state index is 13.6. The third kappa shape index (κ3) is 5.29. The zero-order chi connectivity index (χ0) is 28.4. The molecule has 39 heavy (non-hydrogen) atoms. The number of hydrogen-bond donors (Lipinski definition) is 1. The summed E-state index contributed by atoms with van der Waals surface area (Å²) in [4.78, 5) is 28.7. The van der Waals surface area contributed by atoms with Gasteiger partial charge in [-0.1, -0.05) is 52.0 Å². The normalized spacial score (nSPS) is 16.8. The van der Waals surface area contributed by atoms with Crippen molar-refractivity contribution >= 4 is 23.1 Å². The highest BCUT2D eigenvalue weighted by Crippen LogP contribution is 2.44. The standard InChI is InChI=1S/C33H37NO5/c1-8-39-25-15-13-24(14-16-25)34-30(23-11-9-22(10-12-23)19(2)3)29(32(36)33(34)37)31(35)27-18-26(20(4)5)28(38-7)17-21(27)6/h9-20,30,35H,8H2,1-7H3/b31-29+. The molecule has 1 heterocycles. The van der Waals surface area contributed by atoms with E-state index in [1.165, 1.54) is 4.90 Å². The Morgan fingerprint density at radius 2 is 1.59 bits per heavy atom. The molecule has 1 amide bonds. The minimum absolute atomic E-state index is 0.0640. The number of aryl methyl sites for hydroxylation is 1. The smallest absolute Gasteiger partial charge is 0.300 e. The van der Waals surface area contributed by atoms with Gasteiger partial charge in [0, 0.05) is 11.3 Å². The topological polar surface area (TPSA) is 76.1 Å².